The lowest BCUT2D eigenvalue weighted by Crippen LogP contribution is -2.27. The molecule has 1 saturated heterocycles. The van der Waals surface area contributed by atoms with Crippen LogP contribution in [0.15, 0.2) is 82.2 Å². The summed E-state index contributed by atoms with van der Waals surface area (Å²) in [6.45, 7) is 0. The average molecular weight is 519 g/mol. The Hall–Kier alpha value is -2.49. The molecule has 0 saturated carbocycles. The molecule has 1 atom stereocenters. The molecular weight excluding hydrogens is 500 g/mol. The second kappa shape index (κ2) is 8.94. The lowest BCUT2D eigenvalue weighted by Gasteiger charge is -2.24. The summed E-state index contributed by atoms with van der Waals surface area (Å²) in [5.74, 6) is 1.14. The first-order valence-corrected chi connectivity index (χ1v) is 12.7. The van der Waals surface area contributed by atoms with E-state index in [1.165, 1.54) is 23.9 Å². The summed E-state index contributed by atoms with van der Waals surface area (Å²) in [4.78, 5) is 14.5. The molecule has 1 unspecified atom stereocenters. The van der Waals surface area contributed by atoms with E-state index in [2.05, 4.69) is 20.7 Å². The molecule has 1 aliphatic heterocycles. The number of methoxy groups -OCH3 is 1. The molecule has 0 spiro atoms. The van der Waals surface area contributed by atoms with Gasteiger partial charge in [0, 0.05) is 15.8 Å². The Morgan fingerprint density at radius 1 is 1.00 bits per heavy atom. The number of hydrogen-bond acceptors (Lipinski definition) is 5. The third-order valence-electron chi connectivity index (χ3n) is 4.79. The molecule has 1 amide bonds. The van der Waals surface area contributed by atoms with Gasteiger partial charge in [-0.3, -0.25) is 14.4 Å². The molecule has 1 aliphatic rings. The number of anilines is 2. The van der Waals surface area contributed by atoms with Crippen molar-refractivity contribution in [3.05, 3.63) is 82.8 Å². The van der Waals surface area contributed by atoms with E-state index in [4.69, 9.17) is 4.74 Å². The number of nitrogens with one attached hydrogen (secondary N) is 1. The van der Waals surface area contributed by atoms with E-state index in [0.717, 1.165) is 21.5 Å². The Morgan fingerprint density at radius 3 is 2.26 bits per heavy atom. The van der Waals surface area contributed by atoms with Crippen LogP contribution in [0.3, 0.4) is 0 Å². The van der Waals surface area contributed by atoms with Gasteiger partial charge >= 0.3 is 0 Å². The van der Waals surface area contributed by atoms with Crippen LogP contribution in [0.2, 0.25) is 0 Å². The van der Waals surface area contributed by atoms with Crippen molar-refractivity contribution >= 4 is 55.0 Å². The van der Waals surface area contributed by atoms with Crippen LogP contribution in [-0.2, 0) is 14.8 Å². The first kappa shape index (κ1) is 21.7. The second-order valence-corrected chi connectivity index (χ2v) is 10.5. The number of sulfonamides is 1. The molecule has 0 aliphatic carbocycles. The van der Waals surface area contributed by atoms with E-state index in [-0.39, 0.29) is 16.2 Å². The van der Waals surface area contributed by atoms with Crippen LogP contribution in [0.4, 0.5) is 11.4 Å². The van der Waals surface area contributed by atoms with Crippen molar-refractivity contribution < 1.29 is 17.9 Å². The van der Waals surface area contributed by atoms with Gasteiger partial charge in [-0.25, -0.2) is 8.42 Å². The summed E-state index contributed by atoms with van der Waals surface area (Å²) in [6, 6.07) is 20.9. The predicted molar refractivity (Wildman–Crippen MR) is 127 cm³/mol. The van der Waals surface area contributed by atoms with Gasteiger partial charge in [0.2, 0.25) is 5.91 Å². The van der Waals surface area contributed by atoms with Gasteiger partial charge in [0.1, 0.15) is 11.1 Å². The van der Waals surface area contributed by atoms with E-state index in [9.17, 15) is 13.2 Å². The molecule has 1 fully saturated rings. The molecule has 3 aromatic rings. The zero-order valence-corrected chi connectivity index (χ0v) is 19.7. The molecular formula is C22H19BrN2O4S2. The monoisotopic (exact) mass is 518 g/mol. The van der Waals surface area contributed by atoms with E-state index in [0.29, 0.717) is 11.4 Å². The maximum Gasteiger partial charge on any atom is 0.261 e. The molecule has 160 valence electrons. The van der Waals surface area contributed by atoms with Gasteiger partial charge in [-0.15, -0.1) is 11.8 Å². The van der Waals surface area contributed by atoms with Crippen LogP contribution < -0.4 is 14.4 Å². The van der Waals surface area contributed by atoms with Gasteiger partial charge in [-0.2, -0.15) is 0 Å². The number of nitrogens with zero attached hydrogens (tertiary/aromatic N) is 1. The molecule has 4 rings (SSSR count). The molecule has 0 radical (unpaired) electrons. The van der Waals surface area contributed by atoms with Crippen LogP contribution in [0.25, 0.3) is 0 Å². The minimum Gasteiger partial charge on any atom is -0.497 e. The highest BCUT2D eigenvalue weighted by molar-refractivity contribution is 9.10. The van der Waals surface area contributed by atoms with Crippen molar-refractivity contribution in [3.8, 4) is 5.75 Å². The standard InChI is InChI=1S/C22H19BrN2O4S2/c1-29-19-10-8-18(9-11-19)25-21(26)14-30-22(25)15-2-6-17(7-3-15)24-31(27,28)20-12-4-16(23)5-13-20/h2-13,22,24H,14H2,1H3. The highest BCUT2D eigenvalue weighted by atomic mass is 79.9. The van der Waals surface area contributed by atoms with Crippen molar-refractivity contribution in [2.75, 3.05) is 22.5 Å². The fraction of sp³-hybridized carbons (Fsp3) is 0.136. The largest absolute Gasteiger partial charge is 0.497 e. The van der Waals surface area contributed by atoms with Gasteiger partial charge in [0.15, 0.2) is 0 Å². The number of carbonyl (C=O) groups excluding carboxylic acids is 1. The number of rotatable bonds is 6. The first-order valence-electron chi connectivity index (χ1n) is 9.33. The van der Waals surface area contributed by atoms with Gasteiger partial charge in [-0.05, 0) is 66.2 Å². The summed E-state index contributed by atoms with van der Waals surface area (Å²) in [5, 5.41) is -0.182. The quantitative estimate of drug-likeness (QED) is 0.494. The van der Waals surface area contributed by atoms with Crippen LogP contribution in [0, 0.1) is 0 Å². The van der Waals surface area contributed by atoms with Crippen LogP contribution in [0.1, 0.15) is 10.9 Å². The summed E-state index contributed by atoms with van der Waals surface area (Å²) in [6.07, 6.45) is 0. The average Bonchev–Trinajstić information content (AvgIpc) is 3.16. The van der Waals surface area contributed by atoms with Crippen molar-refractivity contribution in [1.29, 1.82) is 0 Å². The highest BCUT2D eigenvalue weighted by Gasteiger charge is 2.34. The SMILES string of the molecule is COc1ccc(N2C(=O)CSC2c2ccc(NS(=O)(=O)c3ccc(Br)cc3)cc2)cc1. The van der Waals surface area contributed by atoms with Gasteiger partial charge in [0.05, 0.1) is 17.8 Å². The van der Waals surface area contributed by atoms with Gasteiger partial charge in [0.25, 0.3) is 10.0 Å². The topological polar surface area (TPSA) is 75.7 Å². The fourth-order valence-electron chi connectivity index (χ4n) is 3.24. The Labute approximate surface area is 193 Å². The predicted octanol–water partition coefficient (Wildman–Crippen LogP) is 5.04. The maximum absolute atomic E-state index is 12.6. The fourth-order valence-corrected chi connectivity index (χ4v) is 5.74. The third-order valence-corrected chi connectivity index (χ3v) is 7.93. The first-order chi connectivity index (χ1) is 14.9. The molecule has 1 N–H and O–H groups in total. The second-order valence-electron chi connectivity index (χ2n) is 6.81. The molecule has 3 aromatic carbocycles. The third kappa shape index (κ3) is 4.73. The zero-order valence-electron chi connectivity index (χ0n) is 16.5. The number of hydrogen-bond donors (Lipinski definition) is 1. The van der Waals surface area contributed by atoms with Crippen molar-refractivity contribution in [2.24, 2.45) is 0 Å². The Bertz CT molecular complexity index is 1180. The normalized spacial score (nSPS) is 16.4. The van der Waals surface area contributed by atoms with Crippen molar-refractivity contribution in [3.63, 3.8) is 0 Å². The Morgan fingerprint density at radius 2 is 1.65 bits per heavy atom. The summed E-state index contributed by atoms with van der Waals surface area (Å²) < 4.78 is 33.8. The molecule has 9 heteroatoms. The molecule has 1 heterocycles. The number of ether oxygens (including phenoxy) is 1. The van der Waals surface area contributed by atoms with Gasteiger partial charge < -0.3 is 4.74 Å². The lowest BCUT2D eigenvalue weighted by molar-refractivity contribution is -0.115. The molecule has 31 heavy (non-hydrogen) atoms. The number of amides is 1. The zero-order chi connectivity index (χ0) is 22.0. The van der Waals surface area contributed by atoms with Crippen LogP contribution >= 0.6 is 27.7 Å². The highest BCUT2D eigenvalue weighted by Crippen LogP contribution is 2.42. The van der Waals surface area contributed by atoms with Crippen molar-refractivity contribution in [2.45, 2.75) is 10.3 Å². The summed E-state index contributed by atoms with van der Waals surface area (Å²) in [7, 11) is -2.09. The van der Waals surface area contributed by atoms with E-state index in [1.807, 2.05) is 36.4 Å². The van der Waals surface area contributed by atoms with E-state index < -0.39 is 10.0 Å². The van der Waals surface area contributed by atoms with Gasteiger partial charge in [-0.1, -0.05) is 28.1 Å². The molecule has 6 nitrogen and oxygen atoms in total. The number of halogens is 1. The molecule has 0 aromatic heterocycles. The Balaban J connectivity index is 1.54. The minimum atomic E-state index is -3.68. The molecule has 0 bridgehead atoms. The number of benzene rings is 3. The lowest BCUT2D eigenvalue weighted by atomic mass is 10.1. The Kier molecular flexibility index (Phi) is 6.27. The van der Waals surface area contributed by atoms with Crippen LogP contribution in [0.5, 0.6) is 5.75 Å². The smallest absolute Gasteiger partial charge is 0.261 e. The van der Waals surface area contributed by atoms with Crippen molar-refractivity contribution in [1.82, 2.24) is 0 Å². The number of thioether (sulfide) groups is 1. The summed E-state index contributed by atoms with van der Waals surface area (Å²) >= 11 is 4.84. The maximum atomic E-state index is 12.6. The van der Waals surface area contributed by atoms with E-state index >= 15 is 0 Å². The minimum absolute atomic E-state index is 0.0279. The van der Waals surface area contributed by atoms with E-state index in [1.54, 1.807) is 36.3 Å². The van der Waals surface area contributed by atoms with Crippen LogP contribution in [-0.4, -0.2) is 27.2 Å². The summed E-state index contributed by atoms with van der Waals surface area (Å²) in [5.41, 5.74) is 2.16. The number of carbonyl (C=O) groups is 1.